The Morgan fingerprint density at radius 3 is 2.83 bits per heavy atom. The molecule has 0 amide bonds. The van der Waals surface area contributed by atoms with Crippen molar-refractivity contribution in [2.75, 3.05) is 13.6 Å². The summed E-state index contributed by atoms with van der Waals surface area (Å²) in [4.78, 5) is 10.3. The monoisotopic (exact) mass is 164 g/mol. The molecule has 0 saturated carbocycles. The predicted molar refractivity (Wildman–Crippen MR) is 49.5 cm³/mol. The van der Waals surface area contributed by atoms with E-state index < -0.39 is 0 Å². The Hall–Kier alpha value is -1.22. The van der Waals surface area contributed by atoms with E-state index in [0.717, 1.165) is 18.5 Å². The molecule has 0 fully saturated rings. The van der Waals surface area contributed by atoms with Gasteiger partial charge in [0.05, 0.1) is 0 Å². The van der Waals surface area contributed by atoms with Gasteiger partial charge in [0.15, 0.2) is 0 Å². The van der Waals surface area contributed by atoms with Gasteiger partial charge in [-0.25, -0.2) is 0 Å². The number of nitrogens with zero attached hydrogens (tertiary/aromatic N) is 1. The number of nitrogens with one attached hydrogen (secondary N) is 1. The minimum Gasteiger partial charge on any atom is -0.319 e. The standard InChI is InChI=1S/C9H12N2O/c1-10-7-6-8-4-2-3-5-9(8)11-12/h2-5,10H,6-7H2,1H3. The highest BCUT2D eigenvalue weighted by molar-refractivity contribution is 5.45. The molecule has 0 atom stereocenters. The predicted octanol–water partition coefficient (Wildman–Crippen LogP) is 1.85. The topological polar surface area (TPSA) is 41.5 Å². The molecular formula is C9H12N2O. The van der Waals surface area contributed by atoms with E-state index in [1.54, 1.807) is 6.07 Å². The van der Waals surface area contributed by atoms with E-state index in [2.05, 4.69) is 10.5 Å². The van der Waals surface area contributed by atoms with Gasteiger partial charge in [-0.1, -0.05) is 18.2 Å². The summed E-state index contributed by atoms with van der Waals surface area (Å²) in [6.07, 6.45) is 0.846. The van der Waals surface area contributed by atoms with Gasteiger partial charge in [-0.05, 0) is 36.8 Å². The highest BCUT2D eigenvalue weighted by atomic mass is 16.3. The number of benzene rings is 1. The molecule has 1 N–H and O–H groups in total. The number of hydrogen-bond acceptors (Lipinski definition) is 3. The van der Waals surface area contributed by atoms with Gasteiger partial charge < -0.3 is 5.32 Å². The molecule has 0 bridgehead atoms. The third kappa shape index (κ3) is 2.13. The van der Waals surface area contributed by atoms with Crippen LogP contribution in [0.2, 0.25) is 0 Å². The SMILES string of the molecule is CNCCc1ccccc1N=O. The first kappa shape index (κ1) is 8.87. The van der Waals surface area contributed by atoms with Crippen molar-refractivity contribution >= 4 is 5.69 Å². The number of nitroso groups, excluding NO2 is 1. The Labute approximate surface area is 71.8 Å². The van der Waals surface area contributed by atoms with Crippen LogP contribution < -0.4 is 5.32 Å². The lowest BCUT2D eigenvalue weighted by atomic mass is 10.1. The summed E-state index contributed by atoms with van der Waals surface area (Å²) >= 11 is 0. The third-order valence-electron chi connectivity index (χ3n) is 1.73. The average Bonchev–Trinajstić information content (AvgIpc) is 2.15. The molecule has 3 nitrogen and oxygen atoms in total. The minimum atomic E-state index is 0.549. The van der Waals surface area contributed by atoms with Gasteiger partial charge >= 0.3 is 0 Å². The summed E-state index contributed by atoms with van der Waals surface area (Å²) in [5, 5.41) is 5.97. The van der Waals surface area contributed by atoms with Crippen LogP contribution >= 0.6 is 0 Å². The molecule has 0 spiro atoms. The first-order chi connectivity index (χ1) is 5.88. The lowest BCUT2D eigenvalue weighted by molar-refractivity contribution is 0.792. The van der Waals surface area contributed by atoms with Crippen LogP contribution in [0.1, 0.15) is 5.56 Å². The molecule has 1 aromatic carbocycles. The molecule has 0 aliphatic heterocycles. The fourth-order valence-electron chi connectivity index (χ4n) is 1.07. The quantitative estimate of drug-likeness (QED) is 0.690. The van der Waals surface area contributed by atoms with E-state index in [9.17, 15) is 4.91 Å². The zero-order valence-corrected chi connectivity index (χ0v) is 7.08. The van der Waals surface area contributed by atoms with Gasteiger partial charge in [0.2, 0.25) is 0 Å². The minimum absolute atomic E-state index is 0.549. The first-order valence-corrected chi connectivity index (χ1v) is 3.94. The van der Waals surface area contributed by atoms with Crippen LogP contribution in [-0.4, -0.2) is 13.6 Å². The Morgan fingerprint density at radius 2 is 2.17 bits per heavy atom. The van der Waals surface area contributed by atoms with E-state index in [-0.39, 0.29) is 0 Å². The smallest absolute Gasteiger partial charge is 0.111 e. The van der Waals surface area contributed by atoms with E-state index in [1.807, 2.05) is 25.2 Å². The molecule has 64 valence electrons. The maximum absolute atomic E-state index is 10.3. The number of likely N-dealkylation sites (N-methyl/N-ethyl adjacent to an activating group) is 1. The highest BCUT2D eigenvalue weighted by Gasteiger charge is 1.99. The first-order valence-electron chi connectivity index (χ1n) is 3.94. The Kier molecular flexibility index (Phi) is 3.41. The summed E-state index contributed by atoms with van der Waals surface area (Å²) < 4.78 is 0. The van der Waals surface area contributed by atoms with Crippen molar-refractivity contribution in [2.45, 2.75) is 6.42 Å². The van der Waals surface area contributed by atoms with Gasteiger partial charge in [-0.3, -0.25) is 0 Å². The fourth-order valence-corrected chi connectivity index (χ4v) is 1.07. The van der Waals surface area contributed by atoms with Crippen molar-refractivity contribution < 1.29 is 0 Å². The molecule has 1 aromatic rings. The summed E-state index contributed by atoms with van der Waals surface area (Å²) in [7, 11) is 1.89. The van der Waals surface area contributed by atoms with Crippen LogP contribution in [0.5, 0.6) is 0 Å². The van der Waals surface area contributed by atoms with Crippen molar-refractivity contribution in [3.63, 3.8) is 0 Å². The largest absolute Gasteiger partial charge is 0.319 e. The number of hydrogen-bond donors (Lipinski definition) is 1. The van der Waals surface area contributed by atoms with Gasteiger partial charge in [-0.15, -0.1) is 4.91 Å². The molecular weight excluding hydrogens is 152 g/mol. The average molecular weight is 164 g/mol. The molecule has 0 aliphatic rings. The second-order valence-corrected chi connectivity index (χ2v) is 2.57. The van der Waals surface area contributed by atoms with Crippen molar-refractivity contribution in [3.8, 4) is 0 Å². The van der Waals surface area contributed by atoms with Crippen LogP contribution in [0.4, 0.5) is 5.69 Å². The summed E-state index contributed by atoms with van der Waals surface area (Å²) in [5.74, 6) is 0. The third-order valence-corrected chi connectivity index (χ3v) is 1.73. The zero-order valence-electron chi connectivity index (χ0n) is 7.08. The van der Waals surface area contributed by atoms with E-state index in [0.29, 0.717) is 5.69 Å². The lowest BCUT2D eigenvalue weighted by Crippen LogP contribution is -2.10. The maximum Gasteiger partial charge on any atom is 0.111 e. The number of rotatable bonds is 4. The normalized spacial score (nSPS) is 9.75. The van der Waals surface area contributed by atoms with Crippen LogP contribution in [-0.2, 0) is 6.42 Å². The molecule has 0 saturated heterocycles. The molecule has 0 unspecified atom stereocenters. The van der Waals surface area contributed by atoms with Crippen molar-refractivity contribution in [1.82, 2.24) is 5.32 Å². The van der Waals surface area contributed by atoms with Gasteiger partial charge in [0.1, 0.15) is 5.69 Å². The van der Waals surface area contributed by atoms with Crippen molar-refractivity contribution in [2.24, 2.45) is 5.18 Å². The van der Waals surface area contributed by atoms with Crippen molar-refractivity contribution in [3.05, 3.63) is 34.7 Å². The summed E-state index contributed by atoms with van der Waals surface area (Å²) in [5.41, 5.74) is 1.55. The van der Waals surface area contributed by atoms with Crippen LogP contribution in [0.3, 0.4) is 0 Å². The lowest BCUT2D eigenvalue weighted by Gasteiger charge is -2.01. The van der Waals surface area contributed by atoms with Crippen molar-refractivity contribution in [1.29, 1.82) is 0 Å². The zero-order chi connectivity index (χ0) is 8.81. The molecule has 0 aliphatic carbocycles. The second kappa shape index (κ2) is 4.62. The molecule has 0 heterocycles. The second-order valence-electron chi connectivity index (χ2n) is 2.57. The van der Waals surface area contributed by atoms with Gasteiger partial charge in [-0.2, -0.15) is 0 Å². The van der Waals surface area contributed by atoms with E-state index in [1.165, 1.54) is 0 Å². The molecule has 0 aromatic heterocycles. The Morgan fingerprint density at radius 1 is 1.42 bits per heavy atom. The molecule has 0 radical (unpaired) electrons. The maximum atomic E-state index is 10.3. The van der Waals surface area contributed by atoms with Crippen LogP contribution in [0.25, 0.3) is 0 Å². The van der Waals surface area contributed by atoms with Crippen LogP contribution in [0, 0.1) is 4.91 Å². The van der Waals surface area contributed by atoms with E-state index in [4.69, 9.17) is 0 Å². The van der Waals surface area contributed by atoms with E-state index >= 15 is 0 Å². The molecule has 1 rings (SSSR count). The highest BCUT2D eigenvalue weighted by Crippen LogP contribution is 2.17. The molecule has 3 heteroatoms. The fraction of sp³-hybridized carbons (Fsp3) is 0.333. The molecule has 12 heavy (non-hydrogen) atoms. The van der Waals surface area contributed by atoms with Gasteiger partial charge in [0.25, 0.3) is 0 Å². The summed E-state index contributed by atoms with van der Waals surface area (Å²) in [6.45, 7) is 0.868. The Balaban J connectivity index is 2.75. The van der Waals surface area contributed by atoms with Gasteiger partial charge in [0, 0.05) is 0 Å². The Bertz CT molecular complexity index is 260. The van der Waals surface area contributed by atoms with Crippen LogP contribution in [0.15, 0.2) is 29.4 Å². The summed E-state index contributed by atoms with van der Waals surface area (Å²) in [6, 6.07) is 7.39.